The Morgan fingerprint density at radius 1 is 0.412 bits per heavy atom. The summed E-state index contributed by atoms with van der Waals surface area (Å²) >= 11 is 0. The summed E-state index contributed by atoms with van der Waals surface area (Å²) in [5.41, 5.74) is 8.19. The molecule has 2 aliphatic heterocycles. The predicted molar refractivity (Wildman–Crippen MR) is 261 cm³/mol. The smallest absolute Gasteiger partial charge is 0.124 e. The van der Waals surface area contributed by atoms with Gasteiger partial charge in [0.15, 0.2) is 0 Å². The zero-order chi connectivity index (χ0) is 44.9. The normalized spacial score (nSPS) is 11.8. The molecule has 0 amide bonds. The van der Waals surface area contributed by atoms with Gasteiger partial charge < -0.3 is 39.8 Å². The molecule has 6 heterocycles. The Kier molecular flexibility index (Phi) is 16.9. The Balaban J connectivity index is 0.000000133. The van der Waals surface area contributed by atoms with Crippen molar-refractivity contribution in [2.24, 2.45) is 0 Å². The van der Waals surface area contributed by atoms with Crippen LogP contribution >= 0.6 is 0 Å². The summed E-state index contributed by atoms with van der Waals surface area (Å²) in [6.45, 7) is 4.03. The Morgan fingerprint density at radius 2 is 0.765 bits per heavy atom. The van der Waals surface area contributed by atoms with Crippen LogP contribution in [0.15, 0.2) is 207 Å². The number of benzene rings is 6. The molecule has 2 aliphatic rings. The van der Waals surface area contributed by atoms with Gasteiger partial charge in [-0.25, -0.2) is 9.97 Å². The topological polar surface area (TPSA) is 119 Å². The number of para-hydroxylation sites is 2. The van der Waals surface area contributed by atoms with Crippen LogP contribution in [0.1, 0.15) is 0 Å². The monoisotopic (exact) mass is 1250 g/mol. The Bertz CT molecular complexity index is 2720. The summed E-state index contributed by atoms with van der Waals surface area (Å²) in [6.07, 6.45) is 3.61. The minimum atomic E-state index is 0. The second kappa shape index (κ2) is 23.8. The van der Waals surface area contributed by atoms with Crippen LogP contribution in [0.4, 0.5) is 34.4 Å². The van der Waals surface area contributed by atoms with Gasteiger partial charge in [-0.1, -0.05) is 121 Å². The van der Waals surface area contributed by atoms with Gasteiger partial charge >= 0.3 is 0 Å². The maximum absolute atomic E-state index is 4.43. The van der Waals surface area contributed by atoms with Gasteiger partial charge in [-0.3, -0.25) is 10.2 Å². The summed E-state index contributed by atoms with van der Waals surface area (Å²) < 4.78 is 0. The van der Waals surface area contributed by atoms with Crippen LogP contribution in [0.5, 0.6) is 0 Å². The molecule has 0 saturated carbocycles. The number of aromatic nitrogens is 8. The minimum absolute atomic E-state index is 0. The van der Waals surface area contributed by atoms with Crippen molar-refractivity contribution in [2.75, 3.05) is 33.7 Å². The van der Waals surface area contributed by atoms with E-state index in [2.05, 4.69) is 74.4 Å². The molecule has 0 N–H and O–H groups in total. The van der Waals surface area contributed by atoms with Crippen LogP contribution in [-0.4, -0.2) is 44.2 Å². The molecule has 12 nitrogen and oxygen atoms in total. The molecule has 14 heteroatoms. The second-order valence-electron chi connectivity index (χ2n) is 14.8. The van der Waals surface area contributed by atoms with E-state index in [1.807, 2.05) is 232 Å². The summed E-state index contributed by atoms with van der Waals surface area (Å²) in [5, 5.41) is 16.4. The molecular weight excluding hydrogens is 1210 g/mol. The van der Waals surface area contributed by atoms with Crippen LogP contribution in [0, 0.1) is 25.5 Å². The van der Waals surface area contributed by atoms with E-state index < -0.39 is 0 Å². The fraction of sp³-hybridized carbons (Fsp3) is 0.0370. The van der Waals surface area contributed by atoms with Crippen LogP contribution in [-0.2, 0) is 42.1 Å². The summed E-state index contributed by atoms with van der Waals surface area (Å²) in [5.74, 6) is 4.59. The van der Waals surface area contributed by atoms with E-state index >= 15 is 0 Å². The van der Waals surface area contributed by atoms with Gasteiger partial charge in [-0.2, -0.15) is 74.0 Å². The van der Waals surface area contributed by atoms with Crippen molar-refractivity contribution in [1.29, 1.82) is 0 Å². The molecule has 6 aromatic carbocycles. The second-order valence-corrected chi connectivity index (χ2v) is 14.8. The molecule has 0 atom stereocenters. The SMILES string of the molecule is CN1[CH-]N(c2[c-]cccc2)c2ncccc21.CN1[CH-]N(c2[c-]cccc2)c2ncccc21.[Pt].[Pt].c1ccc(-c2n[n-]c(-c3ccccc3)n2)cc1.c1ccc(-c2n[n-]c(-c3ccccc3)n2)cc1. The van der Waals surface area contributed by atoms with E-state index in [1.165, 1.54) is 0 Å². The first-order valence-electron chi connectivity index (χ1n) is 21.1. The number of hydrogen-bond donors (Lipinski definition) is 0. The van der Waals surface area contributed by atoms with Gasteiger partial charge in [0.25, 0.3) is 0 Å². The Morgan fingerprint density at radius 3 is 1.12 bits per heavy atom. The van der Waals surface area contributed by atoms with Gasteiger partial charge in [-0.05, 0) is 72.3 Å². The first-order chi connectivity index (χ1) is 32.6. The minimum Gasteiger partial charge on any atom is -0.502 e. The van der Waals surface area contributed by atoms with Crippen molar-refractivity contribution >= 4 is 34.4 Å². The van der Waals surface area contributed by atoms with Crippen LogP contribution in [0.2, 0.25) is 0 Å². The molecule has 12 rings (SSSR count). The zero-order valence-corrected chi connectivity index (χ0v) is 41.3. The van der Waals surface area contributed by atoms with Gasteiger partial charge in [0.1, 0.15) is 11.6 Å². The summed E-state index contributed by atoms with van der Waals surface area (Å²) in [6, 6.07) is 69.6. The maximum Gasteiger partial charge on any atom is 0.124 e. The van der Waals surface area contributed by atoms with Crippen molar-refractivity contribution < 1.29 is 42.1 Å². The molecule has 68 heavy (non-hydrogen) atoms. The van der Waals surface area contributed by atoms with Crippen LogP contribution < -0.4 is 29.8 Å². The Hall–Kier alpha value is -7.52. The number of fused-ring (bicyclic) bond motifs is 2. The molecule has 0 unspecified atom stereocenters. The third-order valence-electron chi connectivity index (χ3n) is 10.3. The van der Waals surface area contributed by atoms with Gasteiger partial charge in [-0.15, -0.1) is 11.4 Å². The van der Waals surface area contributed by atoms with E-state index in [0.717, 1.165) is 56.6 Å². The summed E-state index contributed by atoms with van der Waals surface area (Å²) in [4.78, 5) is 25.8. The molecule has 0 spiro atoms. The quantitative estimate of drug-likeness (QED) is 0.148. The van der Waals surface area contributed by atoms with Gasteiger partial charge in [0.2, 0.25) is 0 Å². The molecule has 0 fully saturated rings. The van der Waals surface area contributed by atoms with E-state index in [9.17, 15) is 0 Å². The largest absolute Gasteiger partial charge is 0.502 e. The molecule has 0 radical (unpaired) electrons. The van der Waals surface area contributed by atoms with E-state index in [4.69, 9.17) is 0 Å². The van der Waals surface area contributed by atoms with E-state index in [-0.39, 0.29) is 42.1 Å². The fourth-order valence-corrected chi connectivity index (χ4v) is 7.02. The Labute approximate surface area is 425 Å². The van der Waals surface area contributed by atoms with Crippen molar-refractivity contribution in [3.63, 3.8) is 0 Å². The maximum atomic E-state index is 4.43. The van der Waals surface area contributed by atoms with Crippen LogP contribution in [0.3, 0.4) is 0 Å². The average molecular weight is 1250 g/mol. The van der Waals surface area contributed by atoms with Crippen molar-refractivity contribution in [3.8, 4) is 45.6 Å². The van der Waals surface area contributed by atoms with E-state index in [1.54, 1.807) is 0 Å². The van der Waals surface area contributed by atoms with Crippen molar-refractivity contribution in [3.05, 3.63) is 232 Å². The predicted octanol–water partition coefficient (Wildman–Crippen LogP) is 10.7. The first-order valence-corrected chi connectivity index (χ1v) is 21.1. The fourth-order valence-electron chi connectivity index (χ4n) is 7.02. The molecular formula is C54H42N12Pt2-6. The standard InChI is InChI=1S/2C14H10N3.2C13H11N3.2Pt/c2*1-3-7-11(8-4-1)13-15-14(17-16-13)12-9-5-2-6-10-12;2*1-15-10-16(11-6-3-2-4-7-11)13-12(15)8-5-9-14-13;;/h2*1-10H;2*2-6,8-10H,1H3;;/q2*-1;2*-2;;. The van der Waals surface area contributed by atoms with Crippen molar-refractivity contribution in [1.82, 2.24) is 40.3 Å². The van der Waals surface area contributed by atoms with Gasteiger partial charge in [0, 0.05) is 65.9 Å². The molecule has 4 aromatic heterocycles. The van der Waals surface area contributed by atoms with Crippen molar-refractivity contribution in [2.45, 2.75) is 0 Å². The molecule has 10 aromatic rings. The van der Waals surface area contributed by atoms with Gasteiger partial charge in [0.05, 0.1) is 11.6 Å². The number of pyridine rings is 2. The first kappa shape index (κ1) is 48.4. The molecule has 0 bridgehead atoms. The third kappa shape index (κ3) is 11.7. The number of anilines is 6. The molecule has 0 saturated heterocycles. The molecule has 344 valence electrons. The van der Waals surface area contributed by atoms with E-state index in [0.29, 0.717) is 23.3 Å². The molecule has 0 aliphatic carbocycles. The number of rotatable bonds is 6. The van der Waals surface area contributed by atoms with Crippen LogP contribution in [0.25, 0.3) is 45.6 Å². The third-order valence-corrected chi connectivity index (χ3v) is 10.3. The number of hydrogen-bond acceptors (Lipinski definition) is 10. The number of nitrogens with zero attached hydrogens (tertiary/aromatic N) is 12. The summed E-state index contributed by atoms with van der Waals surface area (Å²) in [7, 11) is 4.03. The zero-order valence-electron chi connectivity index (χ0n) is 36.8. The average Bonchev–Trinajstić information content (AvgIpc) is 4.23.